The van der Waals surface area contributed by atoms with E-state index in [1.165, 1.54) is 6.20 Å². The van der Waals surface area contributed by atoms with Crippen molar-refractivity contribution in [3.8, 4) is 5.88 Å². The lowest BCUT2D eigenvalue weighted by Crippen LogP contribution is -2.24. The van der Waals surface area contributed by atoms with Gasteiger partial charge in [0.15, 0.2) is 0 Å². The second-order valence-corrected chi connectivity index (χ2v) is 4.73. The highest BCUT2D eigenvalue weighted by molar-refractivity contribution is 5.94. The minimum Gasteiger partial charge on any atom is -0.475 e. The summed E-state index contributed by atoms with van der Waals surface area (Å²) in [6, 6.07) is 3.70. The van der Waals surface area contributed by atoms with Crippen LogP contribution in [0.2, 0.25) is 0 Å². The number of H-pyrrole nitrogens is 1. The molecule has 0 fully saturated rings. The maximum atomic E-state index is 12.0. The van der Waals surface area contributed by atoms with Gasteiger partial charge in [-0.15, -0.1) is 0 Å². The Morgan fingerprint density at radius 1 is 1.50 bits per heavy atom. The molecule has 106 valence electrons. The first-order chi connectivity index (χ1) is 9.58. The van der Waals surface area contributed by atoms with Crippen LogP contribution in [0.25, 0.3) is 0 Å². The van der Waals surface area contributed by atoms with Gasteiger partial charge in [0.2, 0.25) is 5.88 Å². The van der Waals surface area contributed by atoms with Gasteiger partial charge in [0.25, 0.3) is 5.91 Å². The summed E-state index contributed by atoms with van der Waals surface area (Å²) in [5, 5.41) is 9.41. The van der Waals surface area contributed by atoms with Crippen molar-refractivity contribution < 1.29 is 9.53 Å². The molecule has 2 heterocycles. The maximum Gasteiger partial charge on any atom is 0.255 e. The number of pyridine rings is 1. The third kappa shape index (κ3) is 3.34. The summed E-state index contributed by atoms with van der Waals surface area (Å²) in [5.41, 5.74) is 2.13. The topological polar surface area (TPSA) is 79.9 Å². The minimum atomic E-state index is -0.171. The zero-order chi connectivity index (χ0) is 14.5. The first-order valence-electron chi connectivity index (χ1n) is 6.46. The van der Waals surface area contributed by atoms with E-state index in [2.05, 4.69) is 20.5 Å². The number of rotatable bonds is 5. The third-order valence-electron chi connectivity index (χ3n) is 2.71. The number of carbonyl (C=O) groups is 1. The van der Waals surface area contributed by atoms with Gasteiger partial charge in [-0.2, -0.15) is 5.10 Å². The molecule has 0 bridgehead atoms. The van der Waals surface area contributed by atoms with Crippen LogP contribution >= 0.6 is 0 Å². The van der Waals surface area contributed by atoms with Crippen molar-refractivity contribution >= 4 is 5.91 Å². The van der Waals surface area contributed by atoms with Crippen LogP contribution in [0, 0.1) is 6.92 Å². The largest absolute Gasteiger partial charge is 0.475 e. The Bertz CT molecular complexity index is 592. The fraction of sp³-hybridized carbons (Fsp3) is 0.357. The van der Waals surface area contributed by atoms with Crippen LogP contribution in [0.5, 0.6) is 5.88 Å². The van der Waals surface area contributed by atoms with Gasteiger partial charge in [-0.05, 0) is 26.8 Å². The number of aromatic nitrogens is 3. The van der Waals surface area contributed by atoms with Gasteiger partial charge in [-0.3, -0.25) is 9.89 Å². The van der Waals surface area contributed by atoms with E-state index in [4.69, 9.17) is 4.74 Å². The number of nitrogens with one attached hydrogen (secondary N) is 2. The summed E-state index contributed by atoms with van der Waals surface area (Å²) in [6.07, 6.45) is 3.22. The number of amides is 1. The van der Waals surface area contributed by atoms with Crippen LogP contribution in [0.15, 0.2) is 24.5 Å². The minimum absolute atomic E-state index is 0.0375. The number of nitrogens with zero attached hydrogens (tertiary/aromatic N) is 2. The zero-order valence-electron chi connectivity index (χ0n) is 11.8. The molecule has 0 radical (unpaired) electrons. The molecule has 0 aliphatic rings. The molecule has 2 aromatic rings. The highest BCUT2D eigenvalue weighted by Gasteiger charge is 2.12. The lowest BCUT2D eigenvalue weighted by atomic mass is 10.2. The van der Waals surface area contributed by atoms with Crippen molar-refractivity contribution in [1.29, 1.82) is 0 Å². The molecule has 0 aliphatic carbocycles. The summed E-state index contributed by atoms with van der Waals surface area (Å²) < 4.78 is 5.61. The van der Waals surface area contributed by atoms with E-state index in [0.29, 0.717) is 18.0 Å². The summed E-state index contributed by atoms with van der Waals surface area (Å²) in [6.45, 7) is 6.04. The first kappa shape index (κ1) is 14.0. The van der Waals surface area contributed by atoms with E-state index in [0.717, 1.165) is 11.3 Å². The Morgan fingerprint density at radius 2 is 2.30 bits per heavy atom. The Hall–Kier alpha value is -2.37. The smallest absolute Gasteiger partial charge is 0.255 e. The maximum absolute atomic E-state index is 12.0. The molecule has 0 saturated carbocycles. The van der Waals surface area contributed by atoms with Crippen molar-refractivity contribution in [2.45, 2.75) is 33.4 Å². The average molecular weight is 274 g/mol. The Kier molecular flexibility index (Phi) is 4.34. The van der Waals surface area contributed by atoms with Gasteiger partial charge in [-0.25, -0.2) is 4.98 Å². The van der Waals surface area contributed by atoms with E-state index < -0.39 is 0 Å². The molecule has 0 unspecified atom stereocenters. The zero-order valence-corrected chi connectivity index (χ0v) is 11.8. The van der Waals surface area contributed by atoms with E-state index in [-0.39, 0.29) is 12.0 Å². The molecule has 6 heteroatoms. The quantitative estimate of drug-likeness (QED) is 0.871. The molecule has 2 N–H and O–H groups in total. The van der Waals surface area contributed by atoms with Crippen molar-refractivity contribution in [3.05, 3.63) is 41.3 Å². The molecule has 6 nitrogen and oxygen atoms in total. The Labute approximate surface area is 117 Å². The number of carbonyl (C=O) groups excluding carboxylic acids is 1. The molecular weight excluding hydrogens is 256 g/mol. The van der Waals surface area contributed by atoms with Crippen molar-refractivity contribution in [2.24, 2.45) is 0 Å². The predicted molar refractivity (Wildman–Crippen MR) is 74.5 cm³/mol. The number of hydrogen-bond acceptors (Lipinski definition) is 4. The van der Waals surface area contributed by atoms with E-state index in [9.17, 15) is 4.79 Å². The predicted octanol–water partition coefficient (Wildman–Crippen LogP) is 1.83. The molecule has 0 spiro atoms. The highest BCUT2D eigenvalue weighted by atomic mass is 16.5. The van der Waals surface area contributed by atoms with Crippen LogP contribution in [0.1, 0.15) is 35.5 Å². The van der Waals surface area contributed by atoms with E-state index in [1.54, 1.807) is 13.1 Å². The van der Waals surface area contributed by atoms with Crippen LogP contribution in [-0.4, -0.2) is 27.2 Å². The van der Waals surface area contributed by atoms with Crippen LogP contribution in [0.4, 0.5) is 0 Å². The SMILES string of the molecule is Cc1[nH]ncc1C(=O)NCc1cccnc1OC(C)C. The normalized spacial score (nSPS) is 10.6. The molecular formula is C14H18N4O2. The van der Waals surface area contributed by atoms with Crippen molar-refractivity contribution in [3.63, 3.8) is 0 Å². The molecule has 2 aromatic heterocycles. The second-order valence-electron chi connectivity index (χ2n) is 4.73. The summed E-state index contributed by atoms with van der Waals surface area (Å²) in [5.74, 6) is 0.377. The molecule has 0 aliphatic heterocycles. The van der Waals surface area contributed by atoms with Gasteiger partial charge >= 0.3 is 0 Å². The van der Waals surface area contributed by atoms with Crippen molar-refractivity contribution in [1.82, 2.24) is 20.5 Å². The van der Waals surface area contributed by atoms with E-state index >= 15 is 0 Å². The average Bonchev–Trinajstić information content (AvgIpc) is 2.83. The highest BCUT2D eigenvalue weighted by Crippen LogP contribution is 2.15. The van der Waals surface area contributed by atoms with E-state index in [1.807, 2.05) is 26.0 Å². The molecule has 0 atom stereocenters. The monoisotopic (exact) mass is 274 g/mol. The fourth-order valence-corrected chi connectivity index (χ4v) is 1.74. The molecule has 20 heavy (non-hydrogen) atoms. The molecule has 0 saturated heterocycles. The molecule has 2 rings (SSSR count). The number of ether oxygens (including phenoxy) is 1. The Morgan fingerprint density at radius 3 is 2.95 bits per heavy atom. The van der Waals surface area contributed by atoms with Crippen LogP contribution in [0.3, 0.4) is 0 Å². The van der Waals surface area contributed by atoms with Gasteiger partial charge in [0, 0.05) is 24.0 Å². The summed E-state index contributed by atoms with van der Waals surface area (Å²) in [4.78, 5) is 16.2. The van der Waals surface area contributed by atoms with Crippen LogP contribution in [-0.2, 0) is 6.54 Å². The number of aromatic amines is 1. The lowest BCUT2D eigenvalue weighted by molar-refractivity contribution is 0.0950. The lowest BCUT2D eigenvalue weighted by Gasteiger charge is -2.13. The molecule has 0 aromatic carbocycles. The number of hydrogen-bond donors (Lipinski definition) is 2. The summed E-state index contributed by atoms with van der Waals surface area (Å²) >= 11 is 0. The van der Waals surface area contributed by atoms with Gasteiger partial charge < -0.3 is 10.1 Å². The van der Waals surface area contributed by atoms with Gasteiger partial charge in [-0.1, -0.05) is 6.07 Å². The first-order valence-corrected chi connectivity index (χ1v) is 6.46. The summed E-state index contributed by atoms with van der Waals surface area (Å²) in [7, 11) is 0. The van der Waals surface area contributed by atoms with Gasteiger partial charge in [0.1, 0.15) is 0 Å². The van der Waals surface area contributed by atoms with Gasteiger partial charge in [0.05, 0.1) is 17.9 Å². The molecule has 1 amide bonds. The standard InChI is InChI=1S/C14H18N4O2/c1-9(2)20-14-11(5-4-6-15-14)7-16-13(19)12-8-17-18-10(12)3/h4-6,8-9H,7H2,1-3H3,(H,16,19)(H,17,18). The van der Waals surface area contributed by atoms with Crippen molar-refractivity contribution in [2.75, 3.05) is 0 Å². The fourth-order valence-electron chi connectivity index (χ4n) is 1.74. The Balaban J connectivity index is 2.04. The number of aryl methyl sites for hydroxylation is 1. The second kappa shape index (κ2) is 6.18. The third-order valence-corrected chi connectivity index (χ3v) is 2.71. The van der Waals surface area contributed by atoms with Crippen LogP contribution < -0.4 is 10.1 Å².